The first kappa shape index (κ1) is 12.4. The minimum atomic E-state index is -0.700. The van der Waals surface area contributed by atoms with E-state index in [0.29, 0.717) is 0 Å². The molecule has 17 heavy (non-hydrogen) atoms. The molecule has 0 radical (unpaired) electrons. The average Bonchev–Trinajstić information content (AvgIpc) is 2.39. The van der Waals surface area contributed by atoms with Crippen molar-refractivity contribution in [2.75, 3.05) is 33.2 Å². The van der Waals surface area contributed by atoms with Gasteiger partial charge < -0.3 is 9.80 Å². The Bertz CT molecular complexity index is 320. The summed E-state index contributed by atoms with van der Waals surface area (Å²) in [5.74, 6) is 0.0906. The van der Waals surface area contributed by atoms with Gasteiger partial charge in [0.15, 0.2) is 0 Å². The molecule has 2 aliphatic rings. The van der Waals surface area contributed by atoms with Crippen LogP contribution >= 0.6 is 0 Å². The Morgan fingerprint density at radius 2 is 1.71 bits per heavy atom. The Hall–Kier alpha value is -1.08. The highest BCUT2D eigenvalue weighted by atomic mass is 16.2. The van der Waals surface area contributed by atoms with Crippen molar-refractivity contribution in [2.24, 2.45) is 5.41 Å². The summed E-state index contributed by atoms with van der Waals surface area (Å²) in [4.78, 5) is 16.6. The number of nitriles is 1. The van der Waals surface area contributed by atoms with Crippen molar-refractivity contribution in [3.05, 3.63) is 0 Å². The van der Waals surface area contributed by atoms with Crippen LogP contribution in [-0.4, -0.2) is 48.9 Å². The molecule has 1 saturated carbocycles. The highest BCUT2D eigenvalue weighted by Crippen LogP contribution is 2.37. The van der Waals surface area contributed by atoms with Gasteiger partial charge in [-0.05, 0) is 19.9 Å². The molecule has 94 valence electrons. The van der Waals surface area contributed by atoms with Crippen molar-refractivity contribution in [3.8, 4) is 6.07 Å². The molecular formula is C13H21N3O. The van der Waals surface area contributed by atoms with Crippen molar-refractivity contribution in [1.29, 1.82) is 5.26 Å². The van der Waals surface area contributed by atoms with Gasteiger partial charge in [0.1, 0.15) is 5.41 Å². The number of hydrogen-bond acceptors (Lipinski definition) is 3. The maximum atomic E-state index is 12.5. The molecular weight excluding hydrogens is 214 g/mol. The number of piperazine rings is 1. The minimum absolute atomic E-state index is 0.0906. The molecule has 1 aliphatic heterocycles. The first-order valence-electron chi connectivity index (χ1n) is 6.57. The number of carbonyl (C=O) groups excluding carboxylic acids is 1. The van der Waals surface area contributed by atoms with E-state index in [-0.39, 0.29) is 5.91 Å². The smallest absolute Gasteiger partial charge is 0.243 e. The van der Waals surface area contributed by atoms with Gasteiger partial charge in [-0.25, -0.2) is 0 Å². The van der Waals surface area contributed by atoms with E-state index in [1.165, 1.54) is 6.42 Å². The largest absolute Gasteiger partial charge is 0.339 e. The van der Waals surface area contributed by atoms with Gasteiger partial charge in [0.25, 0.3) is 0 Å². The van der Waals surface area contributed by atoms with Gasteiger partial charge in [-0.1, -0.05) is 19.3 Å². The SMILES string of the molecule is CN1CCN(C(=O)C2(C#N)CCCCC2)CC1. The Balaban J connectivity index is 2.04. The Kier molecular flexibility index (Phi) is 3.68. The van der Waals surface area contributed by atoms with Gasteiger partial charge in [-0.15, -0.1) is 0 Å². The van der Waals surface area contributed by atoms with Crippen LogP contribution in [0.25, 0.3) is 0 Å². The number of likely N-dealkylation sites (N-methyl/N-ethyl adjacent to an activating group) is 1. The molecule has 0 N–H and O–H groups in total. The predicted octanol–water partition coefficient (Wildman–Crippen LogP) is 1.23. The number of rotatable bonds is 1. The Labute approximate surface area is 103 Å². The third kappa shape index (κ3) is 2.44. The molecule has 2 rings (SSSR count). The zero-order valence-corrected chi connectivity index (χ0v) is 10.6. The monoisotopic (exact) mass is 235 g/mol. The van der Waals surface area contributed by atoms with E-state index in [0.717, 1.165) is 51.9 Å². The van der Waals surface area contributed by atoms with Crippen LogP contribution in [-0.2, 0) is 4.79 Å². The lowest BCUT2D eigenvalue weighted by Gasteiger charge is -2.38. The van der Waals surface area contributed by atoms with Crippen molar-refractivity contribution in [3.63, 3.8) is 0 Å². The lowest BCUT2D eigenvalue weighted by atomic mass is 9.74. The quantitative estimate of drug-likeness (QED) is 0.687. The first-order chi connectivity index (χ1) is 8.18. The molecule has 1 heterocycles. The van der Waals surface area contributed by atoms with Gasteiger partial charge in [-0.2, -0.15) is 5.26 Å². The van der Waals surface area contributed by atoms with E-state index in [9.17, 15) is 10.1 Å². The van der Waals surface area contributed by atoms with E-state index in [1.807, 2.05) is 4.90 Å². The lowest BCUT2D eigenvalue weighted by Crippen LogP contribution is -2.52. The fourth-order valence-corrected chi connectivity index (χ4v) is 2.84. The first-order valence-corrected chi connectivity index (χ1v) is 6.57. The van der Waals surface area contributed by atoms with Gasteiger partial charge in [-0.3, -0.25) is 4.79 Å². The maximum Gasteiger partial charge on any atom is 0.243 e. The normalized spacial score (nSPS) is 25.3. The zero-order chi connectivity index (χ0) is 12.3. The summed E-state index contributed by atoms with van der Waals surface area (Å²) in [7, 11) is 2.07. The molecule has 2 fully saturated rings. The molecule has 0 aromatic carbocycles. The van der Waals surface area contributed by atoms with Crippen molar-refractivity contribution in [2.45, 2.75) is 32.1 Å². The van der Waals surface area contributed by atoms with Crippen LogP contribution in [0.15, 0.2) is 0 Å². The van der Waals surface area contributed by atoms with Gasteiger partial charge in [0, 0.05) is 26.2 Å². The second-order valence-electron chi connectivity index (χ2n) is 5.35. The third-order valence-electron chi connectivity index (χ3n) is 4.12. The summed E-state index contributed by atoms with van der Waals surface area (Å²) in [6.07, 6.45) is 4.73. The van der Waals surface area contributed by atoms with Crippen LogP contribution in [0.4, 0.5) is 0 Å². The van der Waals surface area contributed by atoms with Crippen LogP contribution < -0.4 is 0 Å². The summed E-state index contributed by atoms with van der Waals surface area (Å²) >= 11 is 0. The molecule has 4 nitrogen and oxygen atoms in total. The fourth-order valence-electron chi connectivity index (χ4n) is 2.84. The molecule has 0 bridgehead atoms. The van der Waals surface area contributed by atoms with Gasteiger partial charge in [0.2, 0.25) is 5.91 Å². The molecule has 1 amide bonds. The molecule has 1 saturated heterocycles. The Morgan fingerprint density at radius 1 is 1.12 bits per heavy atom. The second kappa shape index (κ2) is 5.05. The number of amides is 1. The highest BCUT2D eigenvalue weighted by molar-refractivity contribution is 5.85. The molecule has 4 heteroatoms. The van der Waals surface area contributed by atoms with Crippen molar-refractivity contribution in [1.82, 2.24) is 9.80 Å². The van der Waals surface area contributed by atoms with E-state index < -0.39 is 5.41 Å². The minimum Gasteiger partial charge on any atom is -0.339 e. The summed E-state index contributed by atoms with van der Waals surface area (Å²) in [5.41, 5.74) is -0.700. The molecule has 0 atom stereocenters. The van der Waals surface area contributed by atoms with Crippen LogP contribution in [0.2, 0.25) is 0 Å². The lowest BCUT2D eigenvalue weighted by molar-refractivity contribution is -0.142. The molecule has 0 unspecified atom stereocenters. The Morgan fingerprint density at radius 3 is 2.24 bits per heavy atom. The zero-order valence-electron chi connectivity index (χ0n) is 10.6. The van der Waals surface area contributed by atoms with Crippen molar-refractivity contribution < 1.29 is 4.79 Å². The molecule has 1 aliphatic carbocycles. The fraction of sp³-hybridized carbons (Fsp3) is 0.846. The van der Waals surface area contributed by atoms with Crippen LogP contribution in [0, 0.1) is 16.7 Å². The summed E-state index contributed by atoms with van der Waals surface area (Å²) in [5, 5.41) is 9.39. The van der Waals surface area contributed by atoms with Crippen LogP contribution in [0.1, 0.15) is 32.1 Å². The molecule has 0 aromatic rings. The van der Waals surface area contributed by atoms with Crippen LogP contribution in [0.3, 0.4) is 0 Å². The van der Waals surface area contributed by atoms with Gasteiger partial charge >= 0.3 is 0 Å². The summed E-state index contributed by atoms with van der Waals surface area (Å²) < 4.78 is 0. The third-order valence-corrected chi connectivity index (χ3v) is 4.12. The maximum absolute atomic E-state index is 12.5. The van der Waals surface area contributed by atoms with Crippen LogP contribution in [0.5, 0.6) is 0 Å². The molecule has 0 aromatic heterocycles. The van der Waals surface area contributed by atoms with E-state index >= 15 is 0 Å². The number of hydrogen-bond donors (Lipinski definition) is 0. The van der Waals surface area contributed by atoms with Gasteiger partial charge in [0.05, 0.1) is 6.07 Å². The van der Waals surface area contributed by atoms with E-state index in [1.54, 1.807) is 0 Å². The standard InChI is InChI=1S/C13H21N3O/c1-15-7-9-16(10-8-15)12(17)13(11-14)5-3-2-4-6-13/h2-10H2,1H3. The number of nitrogens with zero attached hydrogens (tertiary/aromatic N) is 3. The number of carbonyl (C=O) groups is 1. The summed E-state index contributed by atoms with van der Waals surface area (Å²) in [6.45, 7) is 3.40. The predicted molar refractivity (Wildman–Crippen MR) is 65.2 cm³/mol. The topological polar surface area (TPSA) is 47.3 Å². The average molecular weight is 235 g/mol. The van der Waals surface area contributed by atoms with E-state index in [2.05, 4.69) is 18.0 Å². The van der Waals surface area contributed by atoms with E-state index in [4.69, 9.17) is 0 Å². The molecule has 0 spiro atoms. The van der Waals surface area contributed by atoms with Crippen molar-refractivity contribution >= 4 is 5.91 Å². The summed E-state index contributed by atoms with van der Waals surface area (Å²) in [6, 6.07) is 2.32. The highest BCUT2D eigenvalue weighted by Gasteiger charge is 2.42. The second-order valence-corrected chi connectivity index (χ2v) is 5.35.